The number of nitrogens with one attached hydrogen (secondary N) is 3. The first-order chi connectivity index (χ1) is 16.4. The van der Waals surface area contributed by atoms with E-state index in [4.69, 9.17) is 4.99 Å². The van der Waals surface area contributed by atoms with Crippen molar-refractivity contribution in [3.05, 3.63) is 77.0 Å². The van der Waals surface area contributed by atoms with Crippen molar-refractivity contribution in [2.24, 2.45) is 4.99 Å². The summed E-state index contributed by atoms with van der Waals surface area (Å²) < 4.78 is 41.3. The fraction of sp³-hybridized carbons (Fsp3) is 0.320. The third-order valence-corrected chi connectivity index (χ3v) is 6.11. The van der Waals surface area contributed by atoms with Crippen molar-refractivity contribution < 1.29 is 13.2 Å². The smallest absolute Gasteiger partial charge is 0.325 e. The molecule has 2 aliphatic heterocycles. The predicted octanol–water partition coefficient (Wildman–Crippen LogP) is 4.72. The first-order valence-electron chi connectivity index (χ1n) is 11.4. The Balaban J connectivity index is 1.59. The lowest BCUT2D eigenvalue weighted by atomic mass is 10.0. The van der Waals surface area contributed by atoms with Crippen LogP contribution in [0.15, 0.2) is 59.6 Å². The molecule has 2 aromatic carbocycles. The van der Waals surface area contributed by atoms with E-state index in [1.165, 1.54) is 12.1 Å². The van der Waals surface area contributed by atoms with E-state index in [-0.39, 0.29) is 23.5 Å². The molecule has 6 nitrogen and oxygen atoms in total. The van der Waals surface area contributed by atoms with Crippen LogP contribution in [0.2, 0.25) is 0 Å². The average Bonchev–Trinajstić information content (AvgIpc) is 3.21. The van der Waals surface area contributed by atoms with Gasteiger partial charge < -0.3 is 16.0 Å². The lowest BCUT2D eigenvalue weighted by Crippen LogP contribution is -2.43. The molecule has 176 valence electrons. The number of hydrogen-bond donors (Lipinski definition) is 3. The molecule has 1 aromatic heterocycles. The maximum Gasteiger partial charge on any atom is 0.417 e. The highest BCUT2D eigenvalue weighted by Gasteiger charge is 2.34. The van der Waals surface area contributed by atoms with E-state index in [9.17, 15) is 13.2 Å². The highest BCUT2D eigenvalue weighted by atomic mass is 19.4. The molecule has 1 fully saturated rings. The fourth-order valence-electron chi connectivity index (χ4n) is 4.45. The van der Waals surface area contributed by atoms with E-state index in [2.05, 4.69) is 38.9 Å². The summed E-state index contributed by atoms with van der Waals surface area (Å²) in [5, 5.41) is 9.96. The zero-order valence-electron chi connectivity index (χ0n) is 18.7. The molecule has 1 saturated heterocycles. The number of aromatic nitrogens is 2. The lowest BCUT2D eigenvalue weighted by molar-refractivity contribution is -0.137. The number of rotatable bonds is 4. The number of alkyl halides is 3. The largest absolute Gasteiger partial charge is 0.417 e. The molecule has 0 saturated carbocycles. The summed E-state index contributed by atoms with van der Waals surface area (Å²) in [6.07, 6.45) is -3.67. The molecule has 0 amide bonds. The SMILES string of the molecule is CCC1N=C(Nc2cc(C3CNCCN3)nc(-c3ccccc3C(F)(F)F)n2)c2ccccc21. The number of anilines is 1. The van der Waals surface area contributed by atoms with Gasteiger partial charge in [-0.2, -0.15) is 13.2 Å². The van der Waals surface area contributed by atoms with Gasteiger partial charge in [0.25, 0.3) is 0 Å². The molecule has 0 bridgehead atoms. The summed E-state index contributed by atoms with van der Waals surface area (Å²) in [5.74, 6) is 1.10. The van der Waals surface area contributed by atoms with Crippen LogP contribution >= 0.6 is 0 Å². The van der Waals surface area contributed by atoms with E-state index >= 15 is 0 Å². The van der Waals surface area contributed by atoms with Crippen LogP contribution in [0.4, 0.5) is 19.0 Å². The minimum absolute atomic E-state index is 0.0271. The van der Waals surface area contributed by atoms with Crippen molar-refractivity contribution in [2.75, 3.05) is 25.0 Å². The minimum Gasteiger partial charge on any atom is -0.325 e. The van der Waals surface area contributed by atoms with Crippen LogP contribution in [0.3, 0.4) is 0 Å². The quantitative estimate of drug-likeness (QED) is 0.519. The Bertz CT molecular complexity index is 1220. The van der Waals surface area contributed by atoms with Crippen LogP contribution < -0.4 is 16.0 Å². The summed E-state index contributed by atoms with van der Waals surface area (Å²) in [7, 11) is 0. The van der Waals surface area contributed by atoms with Gasteiger partial charge in [0, 0.05) is 36.8 Å². The van der Waals surface area contributed by atoms with Crippen LogP contribution in [0.5, 0.6) is 0 Å². The van der Waals surface area contributed by atoms with Crippen LogP contribution in [0.25, 0.3) is 11.4 Å². The van der Waals surface area contributed by atoms with Crippen molar-refractivity contribution in [2.45, 2.75) is 31.6 Å². The molecule has 0 spiro atoms. The van der Waals surface area contributed by atoms with E-state index in [0.29, 0.717) is 23.9 Å². The van der Waals surface area contributed by atoms with E-state index in [0.717, 1.165) is 36.7 Å². The van der Waals surface area contributed by atoms with Crippen molar-refractivity contribution in [3.63, 3.8) is 0 Å². The summed E-state index contributed by atoms with van der Waals surface area (Å²) in [6, 6.07) is 15.1. The van der Waals surface area contributed by atoms with Gasteiger partial charge in [-0.1, -0.05) is 49.4 Å². The van der Waals surface area contributed by atoms with Gasteiger partial charge in [0.15, 0.2) is 5.82 Å². The van der Waals surface area contributed by atoms with Crippen molar-refractivity contribution in [1.29, 1.82) is 0 Å². The molecule has 3 N–H and O–H groups in total. The van der Waals surface area contributed by atoms with Crippen molar-refractivity contribution >= 4 is 11.7 Å². The van der Waals surface area contributed by atoms with Crippen molar-refractivity contribution in [1.82, 2.24) is 20.6 Å². The van der Waals surface area contributed by atoms with Gasteiger partial charge in [-0.05, 0) is 18.1 Å². The monoisotopic (exact) mass is 466 g/mol. The third kappa shape index (κ3) is 4.41. The van der Waals surface area contributed by atoms with E-state index < -0.39 is 11.7 Å². The molecule has 9 heteroatoms. The molecular formula is C25H25F3N6. The number of amidine groups is 1. The molecule has 2 unspecified atom stereocenters. The van der Waals surface area contributed by atoms with Gasteiger partial charge in [-0.15, -0.1) is 0 Å². The third-order valence-electron chi connectivity index (χ3n) is 6.11. The second-order valence-electron chi connectivity index (χ2n) is 8.37. The van der Waals surface area contributed by atoms with Crippen LogP contribution in [0.1, 0.15) is 47.8 Å². The zero-order valence-corrected chi connectivity index (χ0v) is 18.7. The van der Waals surface area contributed by atoms with E-state index in [1.54, 1.807) is 12.1 Å². The highest BCUT2D eigenvalue weighted by Crippen LogP contribution is 2.37. The molecule has 0 radical (unpaired) electrons. The molecule has 3 aromatic rings. The van der Waals surface area contributed by atoms with Gasteiger partial charge >= 0.3 is 6.18 Å². The molecule has 2 atom stereocenters. The summed E-state index contributed by atoms with van der Waals surface area (Å²) >= 11 is 0. The number of nitrogens with zero attached hydrogens (tertiary/aromatic N) is 3. The predicted molar refractivity (Wildman–Crippen MR) is 126 cm³/mol. The Labute approximate surface area is 195 Å². The Hall–Kier alpha value is -3.30. The maximum absolute atomic E-state index is 13.8. The Kier molecular flexibility index (Phi) is 6.05. The first kappa shape index (κ1) is 22.5. The number of hydrogen-bond acceptors (Lipinski definition) is 6. The van der Waals surface area contributed by atoms with E-state index in [1.807, 2.05) is 18.2 Å². The van der Waals surface area contributed by atoms with Crippen LogP contribution in [0, 0.1) is 0 Å². The molecule has 5 rings (SSSR count). The second-order valence-corrected chi connectivity index (χ2v) is 8.37. The van der Waals surface area contributed by atoms with Gasteiger partial charge in [0.2, 0.25) is 0 Å². The number of halogens is 3. The minimum atomic E-state index is -4.52. The molecule has 0 aliphatic carbocycles. The summed E-state index contributed by atoms with van der Waals surface area (Å²) in [5.41, 5.74) is 1.91. The normalized spacial score (nSPS) is 20.1. The average molecular weight is 467 g/mol. The molecule has 3 heterocycles. The summed E-state index contributed by atoms with van der Waals surface area (Å²) in [4.78, 5) is 13.9. The molecular weight excluding hydrogens is 441 g/mol. The number of aliphatic imine (C=N–C) groups is 1. The van der Waals surface area contributed by atoms with Gasteiger partial charge in [-0.3, -0.25) is 4.99 Å². The lowest BCUT2D eigenvalue weighted by Gasteiger charge is -2.25. The van der Waals surface area contributed by atoms with Gasteiger partial charge in [0.1, 0.15) is 11.7 Å². The molecule has 34 heavy (non-hydrogen) atoms. The van der Waals surface area contributed by atoms with Crippen LogP contribution in [-0.4, -0.2) is 35.4 Å². The topological polar surface area (TPSA) is 74.2 Å². The Morgan fingerprint density at radius 3 is 2.50 bits per heavy atom. The van der Waals surface area contributed by atoms with Crippen LogP contribution in [-0.2, 0) is 6.18 Å². The number of fused-ring (bicyclic) bond motifs is 1. The first-order valence-corrected chi connectivity index (χ1v) is 11.4. The standard InChI is InChI=1S/C25H25F3N6/c1-2-19-15-7-3-4-8-16(15)23(31-19)33-22-13-20(21-14-29-11-12-30-21)32-24(34-22)17-9-5-6-10-18(17)25(26,27)28/h3-10,13,19,21,29-30H,2,11-12,14H2,1H3,(H,31,32,33,34). The van der Waals surface area contributed by atoms with Gasteiger partial charge in [0.05, 0.1) is 23.3 Å². The number of piperazine rings is 1. The summed E-state index contributed by atoms with van der Waals surface area (Å²) in [6.45, 7) is 4.26. The highest BCUT2D eigenvalue weighted by molar-refractivity contribution is 6.10. The second kappa shape index (κ2) is 9.15. The fourth-order valence-corrected chi connectivity index (χ4v) is 4.45. The van der Waals surface area contributed by atoms with Gasteiger partial charge in [-0.25, -0.2) is 9.97 Å². The Morgan fingerprint density at radius 2 is 1.76 bits per heavy atom. The maximum atomic E-state index is 13.8. The Morgan fingerprint density at radius 1 is 1.00 bits per heavy atom. The van der Waals surface area contributed by atoms with Crippen molar-refractivity contribution in [3.8, 4) is 11.4 Å². The number of benzene rings is 2. The zero-order chi connectivity index (χ0) is 23.7. The molecule has 2 aliphatic rings.